The van der Waals surface area contributed by atoms with Crippen LogP contribution in [0, 0.1) is 5.92 Å². The lowest BCUT2D eigenvalue weighted by atomic mass is 9.89. The molecule has 1 nitrogen and oxygen atoms in total. The summed E-state index contributed by atoms with van der Waals surface area (Å²) in [5.74, 6) is 0.747. The average Bonchev–Trinajstić information content (AvgIpc) is 2.15. The molecule has 0 radical (unpaired) electrons. The van der Waals surface area contributed by atoms with Gasteiger partial charge in [0.25, 0.3) is 0 Å². The maximum Gasteiger partial charge on any atom is -0.00463 e. The minimum absolute atomic E-state index is 0.747. The molecule has 0 saturated heterocycles. The predicted molar refractivity (Wildman–Crippen MR) is 58.8 cm³/mol. The van der Waals surface area contributed by atoms with E-state index in [1.54, 1.807) is 5.57 Å². The standard InChI is InChI=1S/C12H21N/c1-10-4-6-12(7-5-10)11(2)8-9-13-3/h4,6,11,13H,5,7-9H2,1-3H3. The molecule has 0 fully saturated rings. The van der Waals surface area contributed by atoms with Gasteiger partial charge in [-0.05, 0) is 45.7 Å². The Morgan fingerprint density at radius 2 is 2.15 bits per heavy atom. The maximum absolute atomic E-state index is 3.20. The van der Waals surface area contributed by atoms with Crippen LogP contribution < -0.4 is 5.32 Å². The van der Waals surface area contributed by atoms with E-state index in [2.05, 4.69) is 31.3 Å². The van der Waals surface area contributed by atoms with E-state index >= 15 is 0 Å². The highest BCUT2D eigenvalue weighted by Crippen LogP contribution is 2.25. The minimum atomic E-state index is 0.747. The van der Waals surface area contributed by atoms with Crippen LogP contribution in [0.5, 0.6) is 0 Å². The molecule has 1 unspecified atom stereocenters. The van der Waals surface area contributed by atoms with Gasteiger partial charge >= 0.3 is 0 Å². The molecule has 74 valence electrons. The minimum Gasteiger partial charge on any atom is -0.320 e. The smallest absolute Gasteiger partial charge is 0.00463 e. The van der Waals surface area contributed by atoms with Gasteiger partial charge in [-0.1, -0.05) is 30.2 Å². The Balaban J connectivity index is 2.43. The zero-order valence-corrected chi connectivity index (χ0v) is 9.06. The van der Waals surface area contributed by atoms with Gasteiger partial charge < -0.3 is 5.32 Å². The molecule has 0 aromatic carbocycles. The number of nitrogens with one attached hydrogen (secondary N) is 1. The van der Waals surface area contributed by atoms with Gasteiger partial charge in [-0.3, -0.25) is 0 Å². The van der Waals surface area contributed by atoms with Crippen molar-refractivity contribution in [1.29, 1.82) is 0 Å². The molecule has 0 aromatic heterocycles. The van der Waals surface area contributed by atoms with E-state index in [-0.39, 0.29) is 0 Å². The van der Waals surface area contributed by atoms with Crippen molar-refractivity contribution >= 4 is 0 Å². The number of rotatable bonds is 4. The number of hydrogen-bond acceptors (Lipinski definition) is 1. The molecule has 13 heavy (non-hydrogen) atoms. The highest BCUT2D eigenvalue weighted by Gasteiger charge is 2.10. The Labute approximate surface area is 81.9 Å². The van der Waals surface area contributed by atoms with Crippen molar-refractivity contribution in [2.75, 3.05) is 13.6 Å². The largest absolute Gasteiger partial charge is 0.320 e. The molecule has 1 rings (SSSR count). The summed E-state index contributed by atoms with van der Waals surface area (Å²) in [7, 11) is 2.02. The molecule has 0 aliphatic heterocycles. The van der Waals surface area contributed by atoms with Crippen LogP contribution in [0.15, 0.2) is 23.3 Å². The molecule has 1 heteroatoms. The molecule has 0 bridgehead atoms. The van der Waals surface area contributed by atoms with E-state index in [4.69, 9.17) is 0 Å². The van der Waals surface area contributed by atoms with Crippen molar-refractivity contribution in [2.45, 2.75) is 33.1 Å². The van der Waals surface area contributed by atoms with Crippen molar-refractivity contribution in [1.82, 2.24) is 5.32 Å². The fraction of sp³-hybridized carbons (Fsp3) is 0.667. The second kappa shape index (κ2) is 5.23. The van der Waals surface area contributed by atoms with E-state index in [1.165, 1.54) is 24.8 Å². The van der Waals surface area contributed by atoms with Gasteiger partial charge in [0, 0.05) is 0 Å². The first-order chi connectivity index (χ1) is 6.24. The summed E-state index contributed by atoms with van der Waals surface area (Å²) >= 11 is 0. The first kappa shape index (κ1) is 10.5. The van der Waals surface area contributed by atoms with Gasteiger partial charge in [-0.15, -0.1) is 0 Å². The summed E-state index contributed by atoms with van der Waals surface area (Å²) in [5, 5.41) is 3.20. The van der Waals surface area contributed by atoms with Crippen LogP contribution in [0.1, 0.15) is 33.1 Å². The molecular formula is C12H21N. The molecule has 0 heterocycles. The van der Waals surface area contributed by atoms with Crippen LogP contribution in [0.2, 0.25) is 0 Å². The first-order valence-electron chi connectivity index (χ1n) is 5.25. The Morgan fingerprint density at radius 1 is 1.38 bits per heavy atom. The average molecular weight is 179 g/mol. The van der Waals surface area contributed by atoms with E-state index in [9.17, 15) is 0 Å². The summed E-state index contributed by atoms with van der Waals surface area (Å²) in [6, 6.07) is 0. The molecule has 0 saturated carbocycles. The normalized spacial score (nSPS) is 19.3. The Morgan fingerprint density at radius 3 is 2.69 bits per heavy atom. The summed E-state index contributed by atoms with van der Waals surface area (Å²) in [6.07, 6.45) is 8.38. The molecule has 1 aliphatic rings. The fourth-order valence-electron chi connectivity index (χ4n) is 1.71. The van der Waals surface area contributed by atoms with Gasteiger partial charge in [0.15, 0.2) is 0 Å². The van der Waals surface area contributed by atoms with Gasteiger partial charge in [0.2, 0.25) is 0 Å². The van der Waals surface area contributed by atoms with Crippen molar-refractivity contribution in [3.05, 3.63) is 23.3 Å². The molecule has 1 atom stereocenters. The van der Waals surface area contributed by atoms with Crippen molar-refractivity contribution in [2.24, 2.45) is 5.92 Å². The lowest BCUT2D eigenvalue weighted by Gasteiger charge is -2.18. The fourth-order valence-corrected chi connectivity index (χ4v) is 1.71. The number of allylic oxidation sites excluding steroid dienone is 4. The van der Waals surface area contributed by atoms with Crippen molar-refractivity contribution < 1.29 is 0 Å². The second-order valence-corrected chi connectivity index (χ2v) is 4.05. The summed E-state index contributed by atoms with van der Waals surface area (Å²) < 4.78 is 0. The highest BCUT2D eigenvalue weighted by molar-refractivity contribution is 5.24. The topological polar surface area (TPSA) is 12.0 Å². The molecule has 0 aromatic rings. The molecule has 1 N–H and O–H groups in total. The third-order valence-electron chi connectivity index (χ3n) is 2.85. The Bertz CT molecular complexity index is 213. The molecule has 1 aliphatic carbocycles. The monoisotopic (exact) mass is 179 g/mol. The van der Waals surface area contributed by atoms with Gasteiger partial charge in [0.1, 0.15) is 0 Å². The zero-order valence-electron chi connectivity index (χ0n) is 9.06. The second-order valence-electron chi connectivity index (χ2n) is 4.05. The Hall–Kier alpha value is -0.560. The van der Waals surface area contributed by atoms with Crippen LogP contribution in [0.4, 0.5) is 0 Å². The van der Waals surface area contributed by atoms with E-state index in [0.29, 0.717) is 0 Å². The lowest BCUT2D eigenvalue weighted by Crippen LogP contribution is -2.13. The van der Waals surface area contributed by atoms with Crippen LogP contribution in [-0.4, -0.2) is 13.6 Å². The van der Waals surface area contributed by atoms with Gasteiger partial charge in [0.05, 0.1) is 0 Å². The highest BCUT2D eigenvalue weighted by atomic mass is 14.8. The quantitative estimate of drug-likeness (QED) is 0.699. The van der Waals surface area contributed by atoms with E-state index in [0.717, 1.165) is 12.5 Å². The first-order valence-corrected chi connectivity index (χ1v) is 5.25. The Kier molecular flexibility index (Phi) is 4.23. The lowest BCUT2D eigenvalue weighted by molar-refractivity contribution is 0.562. The molecule has 0 spiro atoms. The van der Waals surface area contributed by atoms with Crippen molar-refractivity contribution in [3.63, 3.8) is 0 Å². The molecule has 0 amide bonds. The zero-order chi connectivity index (χ0) is 9.68. The van der Waals surface area contributed by atoms with E-state index in [1.807, 2.05) is 7.05 Å². The van der Waals surface area contributed by atoms with Crippen molar-refractivity contribution in [3.8, 4) is 0 Å². The third kappa shape index (κ3) is 3.35. The number of hydrogen-bond donors (Lipinski definition) is 1. The SMILES string of the molecule is CNCCC(C)C1=CC=C(C)CC1. The summed E-state index contributed by atoms with van der Waals surface area (Å²) in [5.41, 5.74) is 3.14. The predicted octanol–water partition coefficient (Wildman–Crippen LogP) is 2.90. The van der Waals surface area contributed by atoms with Crippen LogP contribution in [0.25, 0.3) is 0 Å². The summed E-state index contributed by atoms with van der Waals surface area (Å²) in [4.78, 5) is 0. The molecular weight excluding hydrogens is 158 g/mol. The summed E-state index contributed by atoms with van der Waals surface area (Å²) in [6.45, 7) is 5.67. The third-order valence-corrected chi connectivity index (χ3v) is 2.85. The van der Waals surface area contributed by atoms with Crippen LogP contribution >= 0.6 is 0 Å². The van der Waals surface area contributed by atoms with Crippen LogP contribution in [0.3, 0.4) is 0 Å². The van der Waals surface area contributed by atoms with Gasteiger partial charge in [-0.2, -0.15) is 0 Å². The van der Waals surface area contributed by atoms with E-state index < -0.39 is 0 Å². The van der Waals surface area contributed by atoms with Gasteiger partial charge in [-0.25, -0.2) is 0 Å². The van der Waals surface area contributed by atoms with Crippen LogP contribution in [-0.2, 0) is 0 Å². The maximum atomic E-state index is 3.20.